The molecule has 2 aromatic carbocycles. The fourth-order valence-corrected chi connectivity index (χ4v) is 2.30. The zero-order valence-electron chi connectivity index (χ0n) is 13.6. The maximum Gasteiger partial charge on any atom is 0.251 e. The van der Waals surface area contributed by atoms with Gasteiger partial charge in [-0.15, -0.1) is 0 Å². The summed E-state index contributed by atoms with van der Waals surface area (Å²) in [4.78, 5) is 23.8. The third kappa shape index (κ3) is 5.50. The van der Waals surface area contributed by atoms with Crippen molar-refractivity contribution >= 4 is 11.8 Å². The Bertz CT molecular complexity index is 699. The van der Waals surface area contributed by atoms with Crippen molar-refractivity contribution in [2.24, 2.45) is 0 Å². The van der Waals surface area contributed by atoms with Gasteiger partial charge >= 0.3 is 0 Å². The van der Waals surface area contributed by atoms with Crippen LogP contribution in [0.3, 0.4) is 0 Å². The molecule has 0 heterocycles. The summed E-state index contributed by atoms with van der Waals surface area (Å²) in [7, 11) is 0. The van der Waals surface area contributed by atoms with Crippen LogP contribution in [-0.4, -0.2) is 24.9 Å². The summed E-state index contributed by atoms with van der Waals surface area (Å²) < 4.78 is 12.8. The Morgan fingerprint density at radius 3 is 2.38 bits per heavy atom. The molecule has 0 aliphatic heterocycles. The predicted molar refractivity (Wildman–Crippen MR) is 91.2 cm³/mol. The summed E-state index contributed by atoms with van der Waals surface area (Å²) in [5.74, 6) is -0.568. The number of amides is 2. The van der Waals surface area contributed by atoms with Crippen LogP contribution in [-0.2, 0) is 11.2 Å². The van der Waals surface area contributed by atoms with Gasteiger partial charge in [-0.3, -0.25) is 9.59 Å². The molecule has 0 saturated carbocycles. The number of carbonyl (C=O) groups excluding carboxylic acids is 2. The van der Waals surface area contributed by atoms with Crippen molar-refractivity contribution < 1.29 is 14.0 Å². The Kier molecular flexibility index (Phi) is 6.49. The normalized spacial score (nSPS) is 10.2. The Labute approximate surface area is 141 Å². The van der Waals surface area contributed by atoms with Crippen molar-refractivity contribution in [3.05, 3.63) is 71.0 Å². The summed E-state index contributed by atoms with van der Waals surface area (Å²) in [6, 6.07) is 13.5. The lowest BCUT2D eigenvalue weighted by Crippen LogP contribution is -2.31. The maximum absolute atomic E-state index is 12.8. The first-order valence-electron chi connectivity index (χ1n) is 7.91. The van der Waals surface area contributed by atoms with Crippen molar-refractivity contribution in [1.29, 1.82) is 0 Å². The number of benzene rings is 2. The van der Waals surface area contributed by atoms with E-state index in [0.29, 0.717) is 18.5 Å². The summed E-state index contributed by atoms with van der Waals surface area (Å²) in [5.41, 5.74) is 2.48. The van der Waals surface area contributed by atoms with Crippen molar-refractivity contribution in [2.75, 3.05) is 13.1 Å². The van der Waals surface area contributed by atoms with E-state index in [1.165, 1.54) is 12.1 Å². The number of rotatable bonds is 7. The van der Waals surface area contributed by atoms with Gasteiger partial charge in [0.15, 0.2) is 0 Å². The Morgan fingerprint density at radius 1 is 0.958 bits per heavy atom. The quantitative estimate of drug-likeness (QED) is 0.821. The van der Waals surface area contributed by atoms with Crippen molar-refractivity contribution in [3.8, 4) is 0 Å². The second kappa shape index (κ2) is 8.82. The topological polar surface area (TPSA) is 58.2 Å². The minimum Gasteiger partial charge on any atom is -0.356 e. The van der Waals surface area contributed by atoms with Gasteiger partial charge in [0.25, 0.3) is 5.91 Å². The first kappa shape index (κ1) is 17.7. The molecular formula is C19H21FN2O2. The zero-order valence-corrected chi connectivity index (χ0v) is 13.6. The standard InChI is InChI=1S/C19H21FN2O2/c1-14-4-2-3-5-17(14)19(24)22-13-11-18(23)21-12-10-15-6-8-16(20)9-7-15/h2-9H,10-13H2,1H3,(H,21,23)(H,22,24). The van der Waals surface area contributed by atoms with Crippen molar-refractivity contribution in [3.63, 3.8) is 0 Å². The number of carbonyl (C=O) groups is 2. The molecule has 0 spiro atoms. The fraction of sp³-hybridized carbons (Fsp3) is 0.263. The second-order valence-corrected chi connectivity index (χ2v) is 5.55. The van der Waals surface area contributed by atoms with E-state index < -0.39 is 0 Å². The third-order valence-electron chi connectivity index (χ3n) is 3.68. The first-order valence-corrected chi connectivity index (χ1v) is 7.91. The summed E-state index contributed by atoms with van der Waals surface area (Å²) in [6.07, 6.45) is 0.864. The second-order valence-electron chi connectivity index (χ2n) is 5.55. The predicted octanol–water partition coefficient (Wildman–Crippen LogP) is 2.61. The number of nitrogens with one attached hydrogen (secondary N) is 2. The highest BCUT2D eigenvalue weighted by molar-refractivity contribution is 5.95. The van der Waals surface area contributed by atoms with Gasteiger partial charge in [0.05, 0.1) is 0 Å². The number of hydrogen-bond acceptors (Lipinski definition) is 2. The van der Waals surface area contributed by atoms with Crippen LogP contribution < -0.4 is 10.6 Å². The molecule has 0 fully saturated rings. The van der Waals surface area contributed by atoms with E-state index >= 15 is 0 Å². The van der Waals surface area contributed by atoms with E-state index in [2.05, 4.69) is 10.6 Å². The minimum atomic E-state index is -0.271. The molecule has 0 radical (unpaired) electrons. The molecular weight excluding hydrogens is 307 g/mol. The van der Waals surface area contributed by atoms with E-state index in [1.54, 1.807) is 18.2 Å². The molecule has 24 heavy (non-hydrogen) atoms. The van der Waals surface area contributed by atoms with Crippen LogP contribution in [0.4, 0.5) is 4.39 Å². The Balaban J connectivity index is 1.65. The van der Waals surface area contributed by atoms with Crippen LogP contribution >= 0.6 is 0 Å². The monoisotopic (exact) mass is 328 g/mol. The molecule has 2 N–H and O–H groups in total. The minimum absolute atomic E-state index is 0.123. The molecule has 2 aromatic rings. The van der Waals surface area contributed by atoms with Crippen LogP contribution in [0.25, 0.3) is 0 Å². The number of aryl methyl sites for hydroxylation is 1. The lowest BCUT2D eigenvalue weighted by atomic mass is 10.1. The lowest BCUT2D eigenvalue weighted by Gasteiger charge is -2.08. The van der Waals surface area contributed by atoms with E-state index in [-0.39, 0.29) is 30.6 Å². The molecule has 2 rings (SSSR count). The Morgan fingerprint density at radius 2 is 1.67 bits per heavy atom. The molecule has 0 aromatic heterocycles. The Hall–Kier alpha value is -2.69. The van der Waals surface area contributed by atoms with Crippen LogP contribution in [0.2, 0.25) is 0 Å². The highest BCUT2D eigenvalue weighted by Gasteiger charge is 2.08. The van der Waals surface area contributed by atoms with Crippen LogP contribution in [0.5, 0.6) is 0 Å². The van der Waals surface area contributed by atoms with Gasteiger partial charge in [0.2, 0.25) is 5.91 Å². The maximum atomic E-state index is 12.8. The highest BCUT2D eigenvalue weighted by atomic mass is 19.1. The van der Waals surface area contributed by atoms with Gasteiger partial charge in [0.1, 0.15) is 5.82 Å². The van der Waals surface area contributed by atoms with Gasteiger partial charge in [0, 0.05) is 25.1 Å². The number of halogens is 1. The van der Waals surface area contributed by atoms with Gasteiger partial charge in [-0.2, -0.15) is 0 Å². The number of hydrogen-bond donors (Lipinski definition) is 2. The molecule has 4 nitrogen and oxygen atoms in total. The van der Waals surface area contributed by atoms with E-state index in [4.69, 9.17) is 0 Å². The molecule has 0 saturated heterocycles. The molecule has 126 valence electrons. The van der Waals surface area contributed by atoms with E-state index in [9.17, 15) is 14.0 Å². The van der Waals surface area contributed by atoms with Gasteiger partial charge in [-0.05, 0) is 42.7 Å². The van der Waals surface area contributed by atoms with Gasteiger partial charge in [-0.1, -0.05) is 30.3 Å². The smallest absolute Gasteiger partial charge is 0.251 e. The molecule has 0 bridgehead atoms. The van der Waals surface area contributed by atoms with E-state index in [0.717, 1.165) is 11.1 Å². The molecule has 2 amide bonds. The van der Waals surface area contributed by atoms with Crippen molar-refractivity contribution in [2.45, 2.75) is 19.8 Å². The molecule has 0 aliphatic rings. The van der Waals surface area contributed by atoms with Crippen LogP contribution in [0.1, 0.15) is 27.9 Å². The van der Waals surface area contributed by atoms with Crippen molar-refractivity contribution in [1.82, 2.24) is 10.6 Å². The largest absolute Gasteiger partial charge is 0.356 e. The molecule has 5 heteroatoms. The average molecular weight is 328 g/mol. The summed E-state index contributed by atoms with van der Waals surface area (Å²) in [6.45, 7) is 2.64. The fourth-order valence-electron chi connectivity index (χ4n) is 2.30. The molecule has 0 unspecified atom stereocenters. The first-order chi connectivity index (χ1) is 11.6. The molecule has 0 atom stereocenters. The van der Waals surface area contributed by atoms with Gasteiger partial charge < -0.3 is 10.6 Å². The zero-order chi connectivity index (χ0) is 17.4. The van der Waals surface area contributed by atoms with E-state index in [1.807, 2.05) is 25.1 Å². The molecule has 0 aliphatic carbocycles. The highest BCUT2D eigenvalue weighted by Crippen LogP contribution is 2.06. The summed E-state index contributed by atoms with van der Waals surface area (Å²) >= 11 is 0. The summed E-state index contributed by atoms with van der Waals surface area (Å²) in [5, 5.41) is 5.53. The SMILES string of the molecule is Cc1ccccc1C(=O)NCCC(=O)NCCc1ccc(F)cc1. The van der Waals surface area contributed by atoms with Crippen LogP contribution in [0.15, 0.2) is 48.5 Å². The lowest BCUT2D eigenvalue weighted by molar-refractivity contribution is -0.120. The van der Waals surface area contributed by atoms with Gasteiger partial charge in [-0.25, -0.2) is 4.39 Å². The third-order valence-corrected chi connectivity index (χ3v) is 3.68. The van der Waals surface area contributed by atoms with Crippen LogP contribution in [0, 0.1) is 12.7 Å². The average Bonchev–Trinajstić information content (AvgIpc) is 2.57.